The van der Waals surface area contributed by atoms with Crippen LogP contribution >= 0.6 is 12.4 Å². The van der Waals surface area contributed by atoms with Crippen LogP contribution in [0.1, 0.15) is 12.8 Å². The van der Waals surface area contributed by atoms with Crippen LogP contribution in [-0.2, 0) is 4.79 Å². The number of nitrogens with zero attached hydrogens (tertiary/aromatic N) is 2. The molecule has 4 nitrogen and oxygen atoms in total. The van der Waals surface area contributed by atoms with Crippen molar-refractivity contribution in [1.29, 1.82) is 0 Å². The molecular weight excluding hydrogens is 178 g/mol. The minimum absolute atomic E-state index is 0. The lowest BCUT2D eigenvalue weighted by Gasteiger charge is -2.27. The van der Waals surface area contributed by atoms with Crippen molar-refractivity contribution in [2.45, 2.75) is 18.9 Å². The first-order chi connectivity index (χ1) is 5.29. The predicted molar refractivity (Wildman–Crippen MR) is 48.5 cm³/mol. The SMILES string of the molecule is Cl.NC1=NCC(=O)N2CCCC12. The Hall–Kier alpha value is -0.770. The number of amidine groups is 1. The number of aliphatic imine (C=N–C) groups is 1. The van der Waals surface area contributed by atoms with Crippen LogP contribution in [0.15, 0.2) is 4.99 Å². The average molecular weight is 190 g/mol. The van der Waals surface area contributed by atoms with Crippen LogP contribution in [0.5, 0.6) is 0 Å². The molecule has 1 unspecified atom stereocenters. The Morgan fingerprint density at radius 3 is 3.00 bits per heavy atom. The molecule has 1 amide bonds. The second kappa shape index (κ2) is 3.31. The normalized spacial score (nSPS) is 27.7. The number of hydrogen-bond acceptors (Lipinski definition) is 3. The molecule has 2 aliphatic rings. The van der Waals surface area contributed by atoms with Crippen molar-refractivity contribution < 1.29 is 4.79 Å². The molecule has 2 rings (SSSR count). The van der Waals surface area contributed by atoms with E-state index in [0.29, 0.717) is 5.84 Å². The topological polar surface area (TPSA) is 58.7 Å². The maximum atomic E-state index is 11.2. The third kappa shape index (κ3) is 1.27. The molecule has 12 heavy (non-hydrogen) atoms. The summed E-state index contributed by atoms with van der Waals surface area (Å²) in [5.74, 6) is 0.767. The van der Waals surface area contributed by atoms with E-state index < -0.39 is 0 Å². The van der Waals surface area contributed by atoms with Crippen molar-refractivity contribution in [3.05, 3.63) is 0 Å². The van der Waals surface area contributed by atoms with Gasteiger partial charge in [0.25, 0.3) is 0 Å². The van der Waals surface area contributed by atoms with Crippen LogP contribution in [0.3, 0.4) is 0 Å². The molecule has 2 heterocycles. The van der Waals surface area contributed by atoms with Gasteiger partial charge in [-0.2, -0.15) is 0 Å². The smallest absolute Gasteiger partial charge is 0.244 e. The van der Waals surface area contributed by atoms with E-state index in [9.17, 15) is 4.79 Å². The van der Waals surface area contributed by atoms with Crippen molar-refractivity contribution in [3.8, 4) is 0 Å². The predicted octanol–water partition coefficient (Wildman–Crippen LogP) is -0.230. The van der Waals surface area contributed by atoms with Gasteiger partial charge >= 0.3 is 0 Å². The van der Waals surface area contributed by atoms with Crippen molar-refractivity contribution in [3.63, 3.8) is 0 Å². The quantitative estimate of drug-likeness (QED) is 0.573. The van der Waals surface area contributed by atoms with Gasteiger partial charge in [-0.05, 0) is 12.8 Å². The summed E-state index contributed by atoms with van der Waals surface area (Å²) < 4.78 is 0. The molecule has 5 heteroatoms. The zero-order chi connectivity index (χ0) is 7.84. The molecule has 0 aliphatic carbocycles. The first-order valence-electron chi connectivity index (χ1n) is 3.88. The van der Waals surface area contributed by atoms with Crippen LogP contribution in [0.4, 0.5) is 0 Å². The third-order valence-corrected chi connectivity index (χ3v) is 2.31. The lowest BCUT2D eigenvalue weighted by molar-refractivity contribution is -0.129. The molecule has 0 aromatic rings. The minimum atomic E-state index is 0. The molecule has 2 N–H and O–H groups in total. The molecule has 2 aliphatic heterocycles. The van der Waals surface area contributed by atoms with Gasteiger partial charge in [0, 0.05) is 6.54 Å². The fourth-order valence-electron chi connectivity index (χ4n) is 1.73. The Bertz CT molecular complexity index is 229. The highest BCUT2D eigenvalue weighted by Gasteiger charge is 2.33. The van der Waals surface area contributed by atoms with E-state index in [1.807, 2.05) is 4.90 Å². The van der Waals surface area contributed by atoms with Crippen molar-refractivity contribution >= 4 is 24.1 Å². The number of nitrogens with two attached hydrogens (primary N) is 1. The summed E-state index contributed by atoms with van der Waals surface area (Å²) in [7, 11) is 0. The second-order valence-corrected chi connectivity index (χ2v) is 2.99. The van der Waals surface area contributed by atoms with Crippen LogP contribution in [0, 0.1) is 0 Å². The Labute approximate surface area is 77.2 Å². The molecular formula is C7H12ClN3O. The summed E-state index contributed by atoms with van der Waals surface area (Å²) in [5, 5.41) is 0. The Morgan fingerprint density at radius 1 is 1.58 bits per heavy atom. The van der Waals surface area contributed by atoms with Gasteiger partial charge in [0.05, 0.1) is 6.04 Å². The summed E-state index contributed by atoms with van der Waals surface area (Å²) in [4.78, 5) is 17.0. The number of fused-ring (bicyclic) bond motifs is 1. The van der Waals surface area contributed by atoms with Gasteiger partial charge in [-0.15, -0.1) is 12.4 Å². The molecule has 1 saturated heterocycles. The van der Waals surface area contributed by atoms with E-state index in [4.69, 9.17) is 5.73 Å². The molecule has 68 valence electrons. The third-order valence-electron chi connectivity index (χ3n) is 2.31. The Morgan fingerprint density at radius 2 is 2.33 bits per heavy atom. The van der Waals surface area contributed by atoms with Gasteiger partial charge in [0.1, 0.15) is 12.4 Å². The highest BCUT2D eigenvalue weighted by atomic mass is 35.5. The van der Waals surface area contributed by atoms with Crippen molar-refractivity contribution in [1.82, 2.24) is 4.90 Å². The molecule has 0 spiro atoms. The average Bonchev–Trinajstić information content (AvgIpc) is 2.45. The van der Waals surface area contributed by atoms with Gasteiger partial charge in [0.2, 0.25) is 5.91 Å². The van der Waals surface area contributed by atoms with Gasteiger partial charge in [0.15, 0.2) is 0 Å². The minimum Gasteiger partial charge on any atom is -0.386 e. The Balaban J connectivity index is 0.000000720. The zero-order valence-corrected chi connectivity index (χ0v) is 7.51. The highest BCUT2D eigenvalue weighted by molar-refractivity contribution is 5.96. The lowest BCUT2D eigenvalue weighted by atomic mass is 10.2. The molecule has 1 fully saturated rings. The summed E-state index contributed by atoms with van der Waals surface area (Å²) in [6.07, 6.45) is 2.05. The first-order valence-corrected chi connectivity index (χ1v) is 3.88. The number of rotatable bonds is 0. The van der Waals surface area contributed by atoms with E-state index in [1.54, 1.807) is 0 Å². The number of halogens is 1. The van der Waals surface area contributed by atoms with Crippen LogP contribution in [0.25, 0.3) is 0 Å². The van der Waals surface area contributed by atoms with Gasteiger partial charge in [-0.25, -0.2) is 0 Å². The van der Waals surface area contributed by atoms with E-state index >= 15 is 0 Å². The van der Waals surface area contributed by atoms with Crippen LogP contribution in [-0.4, -0.2) is 35.8 Å². The molecule has 0 bridgehead atoms. The zero-order valence-electron chi connectivity index (χ0n) is 6.69. The number of amides is 1. The van der Waals surface area contributed by atoms with E-state index in [-0.39, 0.29) is 30.9 Å². The molecule has 1 atom stereocenters. The van der Waals surface area contributed by atoms with E-state index in [0.717, 1.165) is 19.4 Å². The fourth-order valence-corrected chi connectivity index (χ4v) is 1.73. The van der Waals surface area contributed by atoms with E-state index in [2.05, 4.69) is 4.99 Å². The number of carbonyl (C=O) groups is 1. The lowest BCUT2D eigenvalue weighted by Crippen LogP contribution is -2.48. The van der Waals surface area contributed by atoms with Gasteiger partial charge in [-0.1, -0.05) is 0 Å². The Kier molecular flexibility index (Phi) is 2.57. The van der Waals surface area contributed by atoms with Crippen molar-refractivity contribution in [2.24, 2.45) is 10.7 Å². The molecule has 0 aromatic heterocycles. The van der Waals surface area contributed by atoms with E-state index in [1.165, 1.54) is 0 Å². The van der Waals surface area contributed by atoms with Crippen LogP contribution in [0.2, 0.25) is 0 Å². The maximum Gasteiger partial charge on any atom is 0.244 e. The van der Waals surface area contributed by atoms with Crippen molar-refractivity contribution in [2.75, 3.05) is 13.1 Å². The summed E-state index contributed by atoms with van der Waals surface area (Å²) in [5.41, 5.74) is 5.64. The maximum absolute atomic E-state index is 11.2. The summed E-state index contributed by atoms with van der Waals surface area (Å²) in [6.45, 7) is 1.11. The van der Waals surface area contributed by atoms with Gasteiger partial charge in [-0.3, -0.25) is 9.79 Å². The fraction of sp³-hybridized carbons (Fsp3) is 0.714. The summed E-state index contributed by atoms with van der Waals surface area (Å²) >= 11 is 0. The van der Waals surface area contributed by atoms with Gasteiger partial charge < -0.3 is 10.6 Å². The molecule has 0 saturated carbocycles. The standard InChI is InChI=1S/C7H11N3O.ClH/c8-7-5-2-1-3-10(5)6(11)4-9-7;/h5H,1-4H2,(H2,8,9);1H. The molecule has 0 radical (unpaired) electrons. The number of hydrogen-bond donors (Lipinski definition) is 1. The number of carbonyl (C=O) groups excluding carboxylic acids is 1. The largest absolute Gasteiger partial charge is 0.386 e. The van der Waals surface area contributed by atoms with Crippen LogP contribution < -0.4 is 5.73 Å². The second-order valence-electron chi connectivity index (χ2n) is 2.99. The molecule has 0 aromatic carbocycles. The highest BCUT2D eigenvalue weighted by Crippen LogP contribution is 2.19. The summed E-state index contributed by atoms with van der Waals surface area (Å²) in [6, 6.07) is 0.122. The monoisotopic (exact) mass is 189 g/mol. The first kappa shape index (κ1) is 9.32.